The molecule has 7 heteroatoms. The van der Waals surface area contributed by atoms with Gasteiger partial charge in [0.1, 0.15) is 5.84 Å². The van der Waals surface area contributed by atoms with Crippen molar-refractivity contribution in [3.8, 4) is 0 Å². The normalized spacial score (nSPS) is 13.1. The molecule has 1 aromatic heterocycles. The Morgan fingerprint density at radius 2 is 2.26 bits per heavy atom. The predicted molar refractivity (Wildman–Crippen MR) is 71.2 cm³/mol. The van der Waals surface area contributed by atoms with Gasteiger partial charge in [-0.15, -0.1) is 0 Å². The zero-order valence-corrected chi connectivity index (χ0v) is 11.2. The summed E-state index contributed by atoms with van der Waals surface area (Å²) >= 11 is 0. The van der Waals surface area contributed by atoms with Crippen molar-refractivity contribution >= 4 is 11.7 Å². The van der Waals surface area contributed by atoms with E-state index in [4.69, 9.17) is 10.9 Å². The van der Waals surface area contributed by atoms with Crippen molar-refractivity contribution < 1.29 is 10.0 Å². The van der Waals surface area contributed by atoms with Gasteiger partial charge in [0.25, 0.3) is 11.5 Å². The molecule has 1 aromatic rings. The number of amides is 1. The summed E-state index contributed by atoms with van der Waals surface area (Å²) in [5, 5.41) is 11.5. The van der Waals surface area contributed by atoms with Gasteiger partial charge in [-0.2, -0.15) is 0 Å². The summed E-state index contributed by atoms with van der Waals surface area (Å²) in [6.45, 7) is 2.03. The molecule has 104 valence electrons. The lowest BCUT2D eigenvalue weighted by atomic mass is 10.1. The maximum atomic E-state index is 12.1. The van der Waals surface area contributed by atoms with Crippen LogP contribution in [0, 0.1) is 5.92 Å². The van der Waals surface area contributed by atoms with Gasteiger partial charge in [0.05, 0.1) is 0 Å². The highest BCUT2D eigenvalue weighted by Crippen LogP contribution is 2.04. The summed E-state index contributed by atoms with van der Waals surface area (Å²) < 4.78 is 1.38. The summed E-state index contributed by atoms with van der Waals surface area (Å²) in [5.74, 6) is -0.496. The summed E-state index contributed by atoms with van der Waals surface area (Å²) in [5.41, 5.74) is 5.53. The largest absolute Gasteiger partial charge is 0.409 e. The number of hydrogen-bond donors (Lipinski definition) is 2. The Balaban J connectivity index is 2.82. The SMILES string of the molecule is CC(CN(C)C(=O)c1ccn(C)c(=O)c1)/C(N)=N/O. The highest BCUT2D eigenvalue weighted by atomic mass is 16.4. The fourth-order valence-corrected chi connectivity index (χ4v) is 1.59. The second-order valence-corrected chi connectivity index (χ2v) is 4.48. The number of rotatable bonds is 4. The minimum absolute atomic E-state index is 0.0589. The molecule has 0 aliphatic rings. The molecule has 1 unspecified atom stereocenters. The number of pyridine rings is 1. The van der Waals surface area contributed by atoms with Crippen LogP contribution >= 0.6 is 0 Å². The van der Waals surface area contributed by atoms with Crippen LogP contribution in [0.2, 0.25) is 0 Å². The third-order valence-electron chi connectivity index (χ3n) is 2.87. The molecular formula is C12H18N4O3. The number of amidine groups is 1. The van der Waals surface area contributed by atoms with Crippen molar-refractivity contribution in [2.75, 3.05) is 13.6 Å². The van der Waals surface area contributed by atoms with E-state index in [1.807, 2.05) is 0 Å². The van der Waals surface area contributed by atoms with E-state index in [9.17, 15) is 9.59 Å². The third kappa shape index (κ3) is 3.57. The Morgan fingerprint density at radius 1 is 1.63 bits per heavy atom. The molecule has 1 atom stereocenters. The highest BCUT2D eigenvalue weighted by Gasteiger charge is 2.17. The zero-order valence-electron chi connectivity index (χ0n) is 11.2. The molecule has 0 saturated heterocycles. The number of aromatic nitrogens is 1. The van der Waals surface area contributed by atoms with Crippen LogP contribution in [0.4, 0.5) is 0 Å². The predicted octanol–water partition coefficient (Wildman–Crippen LogP) is -0.160. The molecule has 0 aromatic carbocycles. The first-order valence-electron chi connectivity index (χ1n) is 5.76. The minimum Gasteiger partial charge on any atom is -0.409 e. The number of nitrogens with zero attached hydrogens (tertiary/aromatic N) is 3. The molecule has 0 spiro atoms. The first kappa shape index (κ1) is 14.7. The van der Waals surface area contributed by atoms with E-state index in [0.717, 1.165) is 0 Å². The molecule has 19 heavy (non-hydrogen) atoms. The van der Waals surface area contributed by atoms with E-state index in [-0.39, 0.29) is 23.2 Å². The van der Waals surface area contributed by atoms with Crippen LogP contribution in [-0.2, 0) is 7.05 Å². The van der Waals surface area contributed by atoms with Gasteiger partial charge in [0.2, 0.25) is 0 Å². The lowest BCUT2D eigenvalue weighted by Gasteiger charge is -2.20. The van der Waals surface area contributed by atoms with Gasteiger partial charge in [0, 0.05) is 44.4 Å². The Kier molecular flexibility index (Phi) is 4.68. The fraction of sp³-hybridized carbons (Fsp3) is 0.417. The number of aryl methyl sites for hydroxylation is 1. The molecule has 1 rings (SSSR count). The lowest BCUT2D eigenvalue weighted by molar-refractivity contribution is 0.0785. The smallest absolute Gasteiger partial charge is 0.253 e. The molecule has 0 radical (unpaired) electrons. The van der Waals surface area contributed by atoms with Crippen LogP contribution < -0.4 is 11.3 Å². The highest BCUT2D eigenvalue weighted by molar-refractivity contribution is 5.94. The molecular weight excluding hydrogens is 248 g/mol. The monoisotopic (exact) mass is 266 g/mol. The number of oxime groups is 1. The van der Waals surface area contributed by atoms with Gasteiger partial charge in [-0.05, 0) is 6.07 Å². The second kappa shape index (κ2) is 6.03. The molecule has 0 aliphatic heterocycles. The first-order valence-corrected chi connectivity index (χ1v) is 5.76. The molecule has 0 aliphatic carbocycles. The first-order chi connectivity index (χ1) is 8.86. The summed E-state index contributed by atoms with van der Waals surface area (Å²) in [4.78, 5) is 25.0. The lowest BCUT2D eigenvalue weighted by Crippen LogP contribution is -2.36. The topological polar surface area (TPSA) is 101 Å². The molecule has 1 heterocycles. The number of nitrogens with two attached hydrogens (primary N) is 1. The Morgan fingerprint density at radius 3 is 2.79 bits per heavy atom. The van der Waals surface area contributed by atoms with Crippen molar-refractivity contribution in [3.05, 3.63) is 34.2 Å². The van der Waals surface area contributed by atoms with Crippen molar-refractivity contribution in [1.29, 1.82) is 0 Å². The van der Waals surface area contributed by atoms with Crippen molar-refractivity contribution in [2.45, 2.75) is 6.92 Å². The van der Waals surface area contributed by atoms with E-state index >= 15 is 0 Å². The van der Waals surface area contributed by atoms with E-state index in [1.165, 1.54) is 21.7 Å². The molecule has 0 bridgehead atoms. The van der Waals surface area contributed by atoms with Crippen LogP contribution in [0.25, 0.3) is 0 Å². The van der Waals surface area contributed by atoms with Crippen LogP contribution in [0.3, 0.4) is 0 Å². The Labute approximate surface area is 110 Å². The number of carbonyl (C=O) groups excluding carboxylic acids is 1. The molecule has 1 amide bonds. The molecule has 0 fully saturated rings. The van der Waals surface area contributed by atoms with Crippen LogP contribution in [0.5, 0.6) is 0 Å². The van der Waals surface area contributed by atoms with Crippen LogP contribution in [0.15, 0.2) is 28.3 Å². The summed E-state index contributed by atoms with van der Waals surface area (Å²) in [6.07, 6.45) is 1.54. The average molecular weight is 266 g/mol. The van der Waals surface area contributed by atoms with Crippen molar-refractivity contribution in [2.24, 2.45) is 23.9 Å². The fourth-order valence-electron chi connectivity index (χ4n) is 1.59. The van der Waals surface area contributed by atoms with Crippen LogP contribution in [-0.4, -0.2) is 40.0 Å². The quantitative estimate of drug-likeness (QED) is 0.342. The van der Waals surface area contributed by atoms with Gasteiger partial charge in [-0.25, -0.2) is 0 Å². The number of hydrogen-bond acceptors (Lipinski definition) is 4. The van der Waals surface area contributed by atoms with E-state index in [2.05, 4.69) is 5.16 Å². The van der Waals surface area contributed by atoms with E-state index < -0.39 is 0 Å². The van der Waals surface area contributed by atoms with Gasteiger partial charge in [0.15, 0.2) is 0 Å². The van der Waals surface area contributed by atoms with Gasteiger partial charge in [-0.1, -0.05) is 12.1 Å². The zero-order chi connectivity index (χ0) is 14.6. The number of carbonyl (C=O) groups is 1. The average Bonchev–Trinajstić information content (AvgIpc) is 2.39. The second-order valence-electron chi connectivity index (χ2n) is 4.48. The summed E-state index contributed by atoms with van der Waals surface area (Å²) in [7, 11) is 3.21. The third-order valence-corrected chi connectivity index (χ3v) is 2.87. The molecule has 3 N–H and O–H groups in total. The minimum atomic E-state index is -0.282. The molecule has 7 nitrogen and oxygen atoms in total. The van der Waals surface area contributed by atoms with E-state index in [0.29, 0.717) is 12.1 Å². The van der Waals surface area contributed by atoms with Crippen molar-refractivity contribution in [3.63, 3.8) is 0 Å². The maximum absolute atomic E-state index is 12.1. The van der Waals surface area contributed by atoms with Gasteiger partial charge in [-0.3, -0.25) is 9.59 Å². The Bertz CT molecular complexity index is 550. The molecule has 0 saturated carbocycles. The van der Waals surface area contributed by atoms with Gasteiger partial charge >= 0.3 is 0 Å². The summed E-state index contributed by atoms with van der Waals surface area (Å²) in [6, 6.07) is 2.86. The van der Waals surface area contributed by atoms with Gasteiger partial charge < -0.3 is 20.4 Å². The van der Waals surface area contributed by atoms with Crippen molar-refractivity contribution in [1.82, 2.24) is 9.47 Å². The maximum Gasteiger partial charge on any atom is 0.253 e. The standard InChI is InChI=1S/C12H18N4O3/c1-8(11(13)14-19)7-16(3)12(18)9-4-5-15(2)10(17)6-9/h4-6,8,19H,7H2,1-3H3,(H2,13,14). The van der Waals surface area contributed by atoms with Crippen LogP contribution in [0.1, 0.15) is 17.3 Å². The van der Waals surface area contributed by atoms with E-state index in [1.54, 1.807) is 27.1 Å². The Hall–Kier alpha value is -2.31.